The molecule has 1 aliphatic heterocycles. The van der Waals surface area contributed by atoms with E-state index in [9.17, 15) is 16.8 Å². The Morgan fingerprint density at radius 2 is 1.50 bits per heavy atom. The molecule has 0 aliphatic carbocycles. The maximum atomic E-state index is 12.2. The highest BCUT2D eigenvalue weighted by Gasteiger charge is 2.34. The highest BCUT2D eigenvalue weighted by atomic mass is 32.2. The van der Waals surface area contributed by atoms with Crippen molar-refractivity contribution in [2.75, 3.05) is 26.0 Å². The Morgan fingerprint density at radius 1 is 0.944 bits per heavy atom. The molecule has 18 heavy (non-hydrogen) atoms. The molecule has 0 atom stereocenters. The SMILES string of the molecule is CS(=O)(=O)N1CCN(S(=O)(=O)c2ccccc2)C1. The maximum absolute atomic E-state index is 12.2. The van der Waals surface area contributed by atoms with Gasteiger partial charge in [-0.05, 0) is 12.1 Å². The van der Waals surface area contributed by atoms with Crippen molar-refractivity contribution in [2.24, 2.45) is 0 Å². The van der Waals surface area contributed by atoms with Crippen molar-refractivity contribution in [3.05, 3.63) is 30.3 Å². The fraction of sp³-hybridized carbons (Fsp3) is 0.400. The van der Waals surface area contributed by atoms with Gasteiger partial charge < -0.3 is 0 Å². The molecule has 1 heterocycles. The van der Waals surface area contributed by atoms with Crippen molar-refractivity contribution >= 4 is 20.0 Å². The van der Waals surface area contributed by atoms with Gasteiger partial charge in [0.1, 0.15) is 0 Å². The molecule has 0 spiro atoms. The first-order chi connectivity index (χ1) is 8.32. The van der Waals surface area contributed by atoms with Crippen LogP contribution in [-0.2, 0) is 20.0 Å². The highest BCUT2D eigenvalue weighted by molar-refractivity contribution is 7.89. The number of nitrogens with zero attached hydrogens (tertiary/aromatic N) is 2. The van der Waals surface area contributed by atoms with Gasteiger partial charge in [-0.1, -0.05) is 18.2 Å². The molecule has 1 saturated heterocycles. The summed E-state index contributed by atoms with van der Waals surface area (Å²) in [6.07, 6.45) is 1.08. The lowest BCUT2D eigenvalue weighted by Gasteiger charge is -2.16. The Morgan fingerprint density at radius 3 is 2.00 bits per heavy atom. The second-order valence-corrected chi connectivity index (χ2v) is 7.99. The average molecular weight is 290 g/mol. The normalized spacial score (nSPS) is 19.2. The molecule has 0 unspecified atom stereocenters. The van der Waals surface area contributed by atoms with Gasteiger partial charge in [0.25, 0.3) is 0 Å². The number of sulfonamides is 2. The molecule has 0 amide bonds. The minimum Gasteiger partial charge on any atom is -0.212 e. The summed E-state index contributed by atoms with van der Waals surface area (Å²) in [4.78, 5) is 0.181. The zero-order valence-electron chi connectivity index (χ0n) is 9.85. The number of hydrogen-bond donors (Lipinski definition) is 0. The minimum absolute atomic E-state index is 0.115. The highest BCUT2D eigenvalue weighted by Crippen LogP contribution is 2.19. The third kappa shape index (κ3) is 2.56. The lowest BCUT2D eigenvalue weighted by atomic mass is 10.4. The number of benzene rings is 1. The molecule has 6 nitrogen and oxygen atoms in total. The lowest BCUT2D eigenvalue weighted by molar-refractivity contribution is 0.416. The first-order valence-corrected chi connectivity index (χ1v) is 8.61. The summed E-state index contributed by atoms with van der Waals surface area (Å²) >= 11 is 0. The van der Waals surface area contributed by atoms with E-state index in [0.29, 0.717) is 0 Å². The van der Waals surface area contributed by atoms with Crippen LogP contribution in [0.3, 0.4) is 0 Å². The van der Waals surface area contributed by atoms with E-state index in [-0.39, 0.29) is 24.7 Å². The summed E-state index contributed by atoms with van der Waals surface area (Å²) in [5, 5.41) is 0. The van der Waals surface area contributed by atoms with E-state index in [0.717, 1.165) is 10.6 Å². The van der Waals surface area contributed by atoms with E-state index in [2.05, 4.69) is 0 Å². The van der Waals surface area contributed by atoms with Crippen LogP contribution in [0.25, 0.3) is 0 Å². The summed E-state index contributed by atoms with van der Waals surface area (Å²) in [6, 6.07) is 8.00. The molecule has 1 fully saturated rings. The molecular formula is C10H14N2O4S2. The van der Waals surface area contributed by atoms with Crippen LogP contribution < -0.4 is 0 Å². The van der Waals surface area contributed by atoms with Gasteiger partial charge in [-0.2, -0.15) is 8.61 Å². The predicted octanol–water partition coefficient (Wildman–Crippen LogP) is -0.0900. The van der Waals surface area contributed by atoms with Crippen LogP contribution >= 0.6 is 0 Å². The largest absolute Gasteiger partial charge is 0.244 e. The molecule has 0 radical (unpaired) electrons. The van der Waals surface area contributed by atoms with Gasteiger partial charge in [-0.3, -0.25) is 0 Å². The van der Waals surface area contributed by atoms with Crippen molar-refractivity contribution < 1.29 is 16.8 Å². The lowest BCUT2D eigenvalue weighted by Crippen LogP contribution is -2.33. The Kier molecular flexibility index (Phi) is 3.45. The Hall–Kier alpha value is -0.960. The first kappa shape index (κ1) is 13.5. The topological polar surface area (TPSA) is 74.8 Å². The van der Waals surface area contributed by atoms with Crippen LogP contribution in [0.15, 0.2) is 35.2 Å². The third-order valence-electron chi connectivity index (χ3n) is 2.76. The molecule has 1 aromatic rings. The maximum Gasteiger partial charge on any atom is 0.244 e. The van der Waals surface area contributed by atoms with Crippen LogP contribution in [0, 0.1) is 0 Å². The molecule has 0 N–H and O–H groups in total. The molecule has 2 rings (SSSR count). The smallest absolute Gasteiger partial charge is 0.212 e. The molecule has 100 valence electrons. The van der Waals surface area contributed by atoms with E-state index >= 15 is 0 Å². The zero-order valence-corrected chi connectivity index (χ0v) is 11.5. The van der Waals surface area contributed by atoms with Crippen molar-refractivity contribution in [3.63, 3.8) is 0 Å². The molecule has 0 bridgehead atoms. The predicted molar refractivity (Wildman–Crippen MR) is 66.8 cm³/mol. The molecule has 0 aromatic heterocycles. The minimum atomic E-state index is -3.60. The fourth-order valence-corrected chi connectivity index (χ4v) is 4.00. The van der Waals surface area contributed by atoms with Gasteiger partial charge in [0, 0.05) is 13.1 Å². The zero-order chi connectivity index (χ0) is 13.4. The monoisotopic (exact) mass is 290 g/mol. The van der Waals surface area contributed by atoms with Gasteiger partial charge in [-0.25, -0.2) is 16.8 Å². The standard InChI is InChI=1S/C10H14N2O4S2/c1-17(13,14)11-7-8-12(9-11)18(15,16)10-5-3-2-4-6-10/h2-6H,7-9H2,1H3. The van der Waals surface area contributed by atoms with E-state index in [4.69, 9.17) is 0 Å². The van der Waals surface area contributed by atoms with E-state index < -0.39 is 20.0 Å². The Bertz CT molecular complexity index is 625. The van der Waals surface area contributed by atoms with Crippen LogP contribution in [0.5, 0.6) is 0 Å². The Labute approximate surface area is 107 Å². The van der Waals surface area contributed by atoms with Crippen molar-refractivity contribution in [1.82, 2.24) is 8.61 Å². The third-order valence-corrected chi connectivity index (χ3v) is 5.85. The van der Waals surface area contributed by atoms with Crippen LogP contribution in [0.1, 0.15) is 0 Å². The van der Waals surface area contributed by atoms with Crippen LogP contribution in [-0.4, -0.2) is 51.5 Å². The van der Waals surface area contributed by atoms with E-state index in [1.54, 1.807) is 18.2 Å². The van der Waals surface area contributed by atoms with Crippen LogP contribution in [0.4, 0.5) is 0 Å². The number of rotatable bonds is 3. The molecule has 1 aromatic carbocycles. The quantitative estimate of drug-likeness (QED) is 0.780. The summed E-state index contributed by atoms with van der Waals surface area (Å²) in [5.41, 5.74) is 0. The Balaban J connectivity index is 2.25. The molecule has 1 aliphatic rings. The summed E-state index contributed by atoms with van der Waals surface area (Å²) in [7, 11) is -6.96. The summed E-state index contributed by atoms with van der Waals surface area (Å²) in [6.45, 7) is 0.269. The second-order valence-electron chi connectivity index (χ2n) is 4.07. The average Bonchev–Trinajstić information content (AvgIpc) is 2.79. The van der Waals surface area contributed by atoms with Crippen molar-refractivity contribution in [3.8, 4) is 0 Å². The summed E-state index contributed by atoms with van der Waals surface area (Å²) < 4.78 is 49.4. The first-order valence-electron chi connectivity index (χ1n) is 5.32. The van der Waals surface area contributed by atoms with Gasteiger partial charge in [0.2, 0.25) is 20.0 Å². The van der Waals surface area contributed by atoms with Gasteiger partial charge in [0.05, 0.1) is 17.8 Å². The summed E-state index contributed by atoms with van der Waals surface area (Å²) in [5.74, 6) is 0. The van der Waals surface area contributed by atoms with Gasteiger partial charge in [0.15, 0.2) is 0 Å². The molecule has 0 saturated carbocycles. The van der Waals surface area contributed by atoms with Crippen LogP contribution in [0.2, 0.25) is 0 Å². The second kappa shape index (κ2) is 4.61. The van der Waals surface area contributed by atoms with E-state index in [1.807, 2.05) is 0 Å². The molecular weight excluding hydrogens is 276 g/mol. The van der Waals surface area contributed by atoms with E-state index in [1.165, 1.54) is 16.4 Å². The van der Waals surface area contributed by atoms with Crippen molar-refractivity contribution in [2.45, 2.75) is 4.90 Å². The molecule has 8 heteroatoms. The fourth-order valence-electron chi connectivity index (χ4n) is 1.75. The van der Waals surface area contributed by atoms with Crippen molar-refractivity contribution in [1.29, 1.82) is 0 Å². The number of hydrogen-bond acceptors (Lipinski definition) is 4. The van der Waals surface area contributed by atoms with Gasteiger partial charge >= 0.3 is 0 Å². The van der Waals surface area contributed by atoms with Gasteiger partial charge in [-0.15, -0.1) is 0 Å².